The highest BCUT2D eigenvalue weighted by atomic mass is 16.5. The van der Waals surface area contributed by atoms with E-state index < -0.39 is 5.60 Å². The first kappa shape index (κ1) is 19.6. The smallest absolute Gasteiger partial charge is 0.237 e. The minimum atomic E-state index is -1.20. The van der Waals surface area contributed by atoms with Gasteiger partial charge in [0.1, 0.15) is 18.0 Å². The van der Waals surface area contributed by atoms with Crippen LogP contribution in [0.1, 0.15) is 24.6 Å². The van der Waals surface area contributed by atoms with Crippen molar-refractivity contribution in [2.75, 3.05) is 32.8 Å². The Balaban J connectivity index is 1.67. The van der Waals surface area contributed by atoms with E-state index in [4.69, 9.17) is 4.74 Å². The molecule has 0 saturated carbocycles. The summed E-state index contributed by atoms with van der Waals surface area (Å²) in [5.41, 5.74) is 1.27. The van der Waals surface area contributed by atoms with Crippen LogP contribution in [0.4, 0.5) is 0 Å². The van der Waals surface area contributed by atoms with Gasteiger partial charge in [-0.1, -0.05) is 18.2 Å². The number of rotatable bonds is 1. The van der Waals surface area contributed by atoms with Crippen LogP contribution in [0.15, 0.2) is 60.3 Å². The lowest BCUT2D eigenvalue weighted by atomic mass is 9.86. The van der Waals surface area contributed by atoms with Crippen molar-refractivity contribution in [3.05, 3.63) is 71.6 Å². The number of aromatic nitrogens is 1. The Labute approximate surface area is 171 Å². The summed E-state index contributed by atoms with van der Waals surface area (Å²) < 4.78 is 5.91. The van der Waals surface area contributed by atoms with Gasteiger partial charge in [0, 0.05) is 32.4 Å². The molecule has 29 heavy (non-hydrogen) atoms. The summed E-state index contributed by atoms with van der Waals surface area (Å²) in [6.45, 7) is 5.33. The van der Waals surface area contributed by atoms with Gasteiger partial charge in [-0.25, -0.2) is 0 Å². The third-order valence-electron chi connectivity index (χ3n) is 5.84. The molecule has 2 aromatic rings. The van der Waals surface area contributed by atoms with Gasteiger partial charge in [0.05, 0.1) is 12.2 Å². The Bertz CT molecular complexity index is 899. The molecule has 1 N–H and O–H groups in total. The molecule has 0 radical (unpaired) electrons. The van der Waals surface area contributed by atoms with Gasteiger partial charge in [0.25, 0.3) is 0 Å². The molecule has 6 nitrogen and oxygen atoms in total. The molecular formula is C23H27N3O3. The summed E-state index contributed by atoms with van der Waals surface area (Å²) in [6, 6.07) is 13.4. The molecule has 3 aliphatic heterocycles. The fourth-order valence-corrected chi connectivity index (χ4v) is 3.96. The summed E-state index contributed by atoms with van der Waals surface area (Å²) >= 11 is 0. The summed E-state index contributed by atoms with van der Waals surface area (Å²) in [4.78, 5) is 21.1. The molecule has 4 heterocycles. The molecule has 1 fully saturated rings. The van der Waals surface area contributed by atoms with Crippen molar-refractivity contribution in [2.24, 2.45) is 0 Å². The normalized spacial score (nSPS) is 27.4. The Hall–Kier alpha value is -2.70. The van der Waals surface area contributed by atoms with Crippen LogP contribution in [0.3, 0.4) is 0 Å². The zero-order valence-corrected chi connectivity index (χ0v) is 16.8. The number of benzene rings is 1. The van der Waals surface area contributed by atoms with Crippen LogP contribution < -0.4 is 4.74 Å². The van der Waals surface area contributed by atoms with Gasteiger partial charge in [0.2, 0.25) is 5.91 Å². The van der Waals surface area contributed by atoms with Crippen LogP contribution in [0.5, 0.6) is 5.75 Å². The Morgan fingerprint density at radius 3 is 2.79 bits per heavy atom. The summed E-state index contributed by atoms with van der Waals surface area (Å²) in [6.07, 6.45) is 4.08. The Morgan fingerprint density at radius 2 is 2.00 bits per heavy atom. The fraction of sp³-hybridized carbons (Fsp3) is 0.391. The van der Waals surface area contributed by atoms with E-state index in [1.165, 1.54) is 0 Å². The van der Waals surface area contributed by atoms with Crippen LogP contribution in [-0.4, -0.2) is 58.6 Å². The zero-order valence-electron chi connectivity index (χ0n) is 16.8. The van der Waals surface area contributed by atoms with E-state index in [1.54, 1.807) is 6.20 Å². The second kappa shape index (κ2) is 8.35. The summed E-state index contributed by atoms with van der Waals surface area (Å²) in [5, 5.41) is 11.6. The Kier molecular flexibility index (Phi) is 5.65. The maximum atomic E-state index is 12.7. The number of hydrogen-bond donors (Lipinski definition) is 1. The van der Waals surface area contributed by atoms with Gasteiger partial charge in [0.15, 0.2) is 0 Å². The first-order valence-corrected chi connectivity index (χ1v) is 10.1. The van der Waals surface area contributed by atoms with E-state index in [9.17, 15) is 9.90 Å². The number of nitrogens with zero attached hydrogens (tertiary/aromatic N) is 3. The second-order valence-electron chi connectivity index (χ2n) is 7.76. The van der Waals surface area contributed by atoms with Crippen molar-refractivity contribution in [3.8, 4) is 5.75 Å². The van der Waals surface area contributed by atoms with E-state index in [0.29, 0.717) is 44.9 Å². The molecule has 6 heteroatoms. The molecule has 0 aliphatic carbocycles. The van der Waals surface area contributed by atoms with E-state index in [0.717, 1.165) is 23.4 Å². The van der Waals surface area contributed by atoms with Crippen molar-refractivity contribution in [2.45, 2.75) is 25.5 Å². The molecule has 0 spiro atoms. The number of hydrogen-bond acceptors (Lipinski definition) is 5. The predicted molar refractivity (Wildman–Crippen MR) is 110 cm³/mol. The van der Waals surface area contributed by atoms with E-state index >= 15 is 0 Å². The third-order valence-corrected chi connectivity index (χ3v) is 5.84. The SMILES string of the molecule is C/C1=C\COc2cccc(c2)CN2CCN(CCC1(O)c1ccccn1)CC2=O. The van der Waals surface area contributed by atoms with E-state index in [-0.39, 0.29) is 5.91 Å². The second-order valence-corrected chi connectivity index (χ2v) is 7.76. The molecule has 2 atom stereocenters. The summed E-state index contributed by atoms with van der Waals surface area (Å²) in [5.74, 6) is 0.875. The molecule has 1 aromatic carbocycles. The third kappa shape index (κ3) is 4.33. The van der Waals surface area contributed by atoms with Gasteiger partial charge < -0.3 is 14.7 Å². The van der Waals surface area contributed by atoms with Crippen molar-refractivity contribution in [1.82, 2.24) is 14.8 Å². The molecule has 4 bridgehead atoms. The zero-order chi connectivity index (χ0) is 20.3. The maximum Gasteiger partial charge on any atom is 0.237 e. The number of fused-ring (bicyclic) bond motifs is 7. The molecule has 1 amide bonds. The van der Waals surface area contributed by atoms with Gasteiger partial charge in [-0.2, -0.15) is 0 Å². The largest absolute Gasteiger partial charge is 0.490 e. The quantitative estimate of drug-likeness (QED) is 0.754. The molecule has 2 unspecified atom stereocenters. The molecule has 5 rings (SSSR count). The first-order valence-electron chi connectivity index (χ1n) is 10.1. The molecule has 1 saturated heterocycles. The number of piperazine rings is 1. The van der Waals surface area contributed by atoms with Crippen LogP contribution >= 0.6 is 0 Å². The van der Waals surface area contributed by atoms with E-state index in [2.05, 4.69) is 9.88 Å². The molecule has 152 valence electrons. The number of amides is 1. The standard InChI is InChI=1S/C23H27N3O3/c1-18-8-14-29-20-6-4-5-19(15-20)16-26-13-12-25(17-22(26)27)11-9-23(18,28)21-7-2-3-10-24-21/h2-8,10,15,28H,9,11-14,16-17H2,1H3/b18-8+. The highest BCUT2D eigenvalue weighted by molar-refractivity contribution is 5.79. The van der Waals surface area contributed by atoms with Gasteiger partial charge >= 0.3 is 0 Å². The lowest BCUT2D eigenvalue weighted by Gasteiger charge is -2.36. The topological polar surface area (TPSA) is 65.9 Å². The number of carbonyl (C=O) groups is 1. The van der Waals surface area contributed by atoms with Crippen molar-refractivity contribution in [1.29, 1.82) is 0 Å². The number of ether oxygens (including phenoxy) is 1. The average molecular weight is 393 g/mol. The van der Waals surface area contributed by atoms with E-state index in [1.807, 2.05) is 60.4 Å². The van der Waals surface area contributed by atoms with Crippen LogP contribution in [0.25, 0.3) is 0 Å². The van der Waals surface area contributed by atoms with Crippen LogP contribution in [-0.2, 0) is 16.9 Å². The molecule has 3 aliphatic rings. The fourth-order valence-electron chi connectivity index (χ4n) is 3.96. The van der Waals surface area contributed by atoms with Gasteiger partial charge in [-0.3, -0.25) is 14.7 Å². The molecular weight excluding hydrogens is 366 g/mol. The number of aliphatic hydroxyl groups is 1. The van der Waals surface area contributed by atoms with Gasteiger partial charge in [-0.05, 0) is 54.8 Å². The minimum absolute atomic E-state index is 0.117. The van der Waals surface area contributed by atoms with Crippen molar-refractivity contribution in [3.63, 3.8) is 0 Å². The monoisotopic (exact) mass is 393 g/mol. The number of carbonyl (C=O) groups excluding carboxylic acids is 1. The maximum absolute atomic E-state index is 12.7. The van der Waals surface area contributed by atoms with Crippen molar-refractivity contribution >= 4 is 5.91 Å². The highest BCUT2D eigenvalue weighted by Gasteiger charge is 2.34. The lowest BCUT2D eigenvalue weighted by molar-refractivity contribution is -0.137. The van der Waals surface area contributed by atoms with Gasteiger partial charge in [-0.15, -0.1) is 0 Å². The summed E-state index contributed by atoms with van der Waals surface area (Å²) in [7, 11) is 0. The molecule has 1 aromatic heterocycles. The van der Waals surface area contributed by atoms with Crippen LogP contribution in [0.2, 0.25) is 0 Å². The lowest BCUT2D eigenvalue weighted by Crippen LogP contribution is -2.50. The minimum Gasteiger partial charge on any atom is -0.490 e. The average Bonchev–Trinajstić information content (AvgIpc) is 2.74. The predicted octanol–water partition coefficient (Wildman–Crippen LogP) is 2.34. The first-order chi connectivity index (χ1) is 14.0. The number of pyridine rings is 1. The highest BCUT2D eigenvalue weighted by Crippen LogP contribution is 2.32. The Morgan fingerprint density at radius 1 is 1.10 bits per heavy atom. The van der Waals surface area contributed by atoms with Crippen LogP contribution in [0, 0.1) is 0 Å². The van der Waals surface area contributed by atoms with Crippen molar-refractivity contribution < 1.29 is 14.6 Å².